The van der Waals surface area contributed by atoms with Crippen molar-refractivity contribution < 1.29 is 8.42 Å². The second-order valence-corrected chi connectivity index (χ2v) is 6.91. The number of benzene rings is 1. The largest absolute Gasteiger partial charge is 0.313 e. The Bertz CT molecular complexity index is 609. The van der Waals surface area contributed by atoms with E-state index in [0.29, 0.717) is 18.1 Å². The third kappa shape index (κ3) is 4.72. The number of nitrogens with one attached hydrogen (secondary N) is 1. The highest BCUT2D eigenvalue weighted by molar-refractivity contribution is 7.89. The molecule has 116 valence electrons. The van der Waals surface area contributed by atoms with Gasteiger partial charge in [0.15, 0.2) is 0 Å². The maximum absolute atomic E-state index is 12.4. The fourth-order valence-electron chi connectivity index (χ4n) is 1.85. The van der Waals surface area contributed by atoms with Crippen LogP contribution in [0.1, 0.15) is 25.8 Å². The fraction of sp³-hybridized carbons (Fsp3) is 0.467. The minimum absolute atomic E-state index is 0.0518. The smallest absolute Gasteiger partial charge is 0.243 e. The van der Waals surface area contributed by atoms with E-state index in [1.165, 1.54) is 10.4 Å². The molecule has 0 aliphatic carbocycles. The zero-order valence-electron chi connectivity index (χ0n) is 12.4. The second-order valence-electron chi connectivity index (χ2n) is 4.57. The van der Waals surface area contributed by atoms with Gasteiger partial charge in [0, 0.05) is 18.1 Å². The van der Waals surface area contributed by atoms with Gasteiger partial charge in [0.25, 0.3) is 0 Å². The number of rotatable bonds is 8. The number of nitrogens with zero attached hydrogens (tertiary/aromatic N) is 1. The van der Waals surface area contributed by atoms with Crippen molar-refractivity contribution in [2.75, 3.05) is 19.6 Å². The zero-order chi connectivity index (χ0) is 15.9. The van der Waals surface area contributed by atoms with Crippen LogP contribution in [0.2, 0.25) is 5.02 Å². The van der Waals surface area contributed by atoms with E-state index in [9.17, 15) is 8.42 Å². The second kappa shape index (κ2) is 8.40. The van der Waals surface area contributed by atoms with E-state index in [1.54, 1.807) is 19.1 Å². The highest BCUT2D eigenvalue weighted by Gasteiger charge is 2.22. The van der Waals surface area contributed by atoms with Crippen LogP contribution >= 0.6 is 11.6 Å². The van der Waals surface area contributed by atoms with Gasteiger partial charge in [0.1, 0.15) is 0 Å². The summed E-state index contributed by atoms with van der Waals surface area (Å²) < 4.78 is 26.1. The maximum atomic E-state index is 12.4. The van der Waals surface area contributed by atoms with Crippen molar-refractivity contribution in [1.29, 1.82) is 0 Å². The standard InChI is InChI=1S/C15H21ClN2O2S/c1-4-9-17-12-13-7-8-14(11-15(13)16)21(19,20)18(6-3)10-5-2/h2,7-8,11,17H,4,6,9-10,12H2,1,3H3. The molecule has 0 unspecified atom stereocenters. The molecule has 0 aliphatic heterocycles. The molecule has 0 amide bonds. The predicted molar refractivity (Wildman–Crippen MR) is 86.7 cm³/mol. The van der Waals surface area contributed by atoms with Gasteiger partial charge in [-0.2, -0.15) is 4.31 Å². The van der Waals surface area contributed by atoms with Crippen LogP contribution in [0.3, 0.4) is 0 Å². The third-order valence-corrected chi connectivity index (χ3v) is 5.29. The van der Waals surface area contributed by atoms with E-state index < -0.39 is 10.0 Å². The summed E-state index contributed by atoms with van der Waals surface area (Å²) in [5, 5.41) is 3.67. The Hall–Kier alpha value is -1.06. The van der Waals surface area contributed by atoms with Gasteiger partial charge in [-0.3, -0.25) is 0 Å². The molecule has 6 heteroatoms. The molecule has 1 rings (SSSR count). The molecule has 1 aromatic rings. The van der Waals surface area contributed by atoms with E-state index in [4.69, 9.17) is 18.0 Å². The van der Waals surface area contributed by atoms with Gasteiger partial charge in [-0.25, -0.2) is 8.42 Å². The first-order chi connectivity index (χ1) is 9.97. The molecule has 1 N–H and O–H groups in total. The topological polar surface area (TPSA) is 49.4 Å². The molecule has 0 saturated heterocycles. The van der Waals surface area contributed by atoms with Crippen LogP contribution in [0.4, 0.5) is 0 Å². The SMILES string of the molecule is C#CCN(CC)S(=O)(=O)c1ccc(CNCCC)c(Cl)c1. The summed E-state index contributed by atoms with van der Waals surface area (Å²) in [4.78, 5) is 0.170. The summed E-state index contributed by atoms with van der Waals surface area (Å²) in [6, 6.07) is 4.80. The van der Waals surface area contributed by atoms with Gasteiger partial charge in [-0.05, 0) is 30.7 Å². The van der Waals surface area contributed by atoms with E-state index in [2.05, 4.69) is 18.2 Å². The van der Waals surface area contributed by atoms with Gasteiger partial charge in [0.05, 0.1) is 11.4 Å². The normalized spacial score (nSPS) is 11.6. The summed E-state index contributed by atoms with van der Waals surface area (Å²) in [5.74, 6) is 2.36. The molecule has 0 radical (unpaired) electrons. The molecule has 0 heterocycles. The Morgan fingerprint density at radius 2 is 2.10 bits per heavy atom. The highest BCUT2D eigenvalue weighted by atomic mass is 35.5. The monoisotopic (exact) mass is 328 g/mol. The Kier molecular flexibility index (Phi) is 7.20. The predicted octanol–water partition coefficient (Wildman–Crippen LogP) is 2.48. The van der Waals surface area contributed by atoms with Crippen LogP contribution in [0.5, 0.6) is 0 Å². The van der Waals surface area contributed by atoms with E-state index >= 15 is 0 Å². The molecule has 0 aromatic heterocycles. The van der Waals surface area contributed by atoms with Crippen molar-refractivity contribution in [3.63, 3.8) is 0 Å². The summed E-state index contributed by atoms with van der Waals surface area (Å²) in [5.41, 5.74) is 0.879. The maximum Gasteiger partial charge on any atom is 0.243 e. The van der Waals surface area contributed by atoms with E-state index in [1.807, 2.05) is 0 Å². The van der Waals surface area contributed by atoms with Crippen LogP contribution < -0.4 is 5.32 Å². The Balaban J connectivity index is 2.99. The van der Waals surface area contributed by atoms with Gasteiger partial charge >= 0.3 is 0 Å². The summed E-state index contributed by atoms with van der Waals surface area (Å²) >= 11 is 6.18. The van der Waals surface area contributed by atoms with Crippen LogP contribution in [-0.4, -0.2) is 32.4 Å². The molecule has 4 nitrogen and oxygen atoms in total. The number of halogens is 1. The Morgan fingerprint density at radius 3 is 2.62 bits per heavy atom. The molecular formula is C15H21ClN2O2S. The number of terminal acetylenes is 1. The van der Waals surface area contributed by atoms with Crippen LogP contribution in [-0.2, 0) is 16.6 Å². The van der Waals surface area contributed by atoms with Crippen molar-refractivity contribution in [3.8, 4) is 12.3 Å². The first-order valence-corrected chi connectivity index (χ1v) is 8.71. The lowest BCUT2D eigenvalue weighted by molar-refractivity contribution is 0.464. The number of hydrogen-bond acceptors (Lipinski definition) is 3. The Labute approximate surface area is 132 Å². The summed E-state index contributed by atoms with van der Waals surface area (Å²) in [6.07, 6.45) is 6.24. The molecule has 0 saturated carbocycles. The van der Waals surface area contributed by atoms with Gasteiger partial charge < -0.3 is 5.32 Å². The van der Waals surface area contributed by atoms with E-state index in [-0.39, 0.29) is 11.4 Å². The average Bonchev–Trinajstić information content (AvgIpc) is 2.46. The van der Waals surface area contributed by atoms with Crippen molar-refractivity contribution in [2.24, 2.45) is 0 Å². The van der Waals surface area contributed by atoms with E-state index in [0.717, 1.165) is 18.5 Å². The van der Waals surface area contributed by atoms with Crippen molar-refractivity contribution in [2.45, 2.75) is 31.7 Å². The molecule has 1 aromatic carbocycles. The van der Waals surface area contributed by atoms with Gasteiger partial charge in [0.2, 0.25) is 10.0 Å². The fourth-order valence-corrected chi connectivity index (χ4v) is 3.55. The molecule has 0 aliphatic rings. The molecule has 0 atom stereocenters. The average molecular weight is 329 g/mol. The van der Waals surface area contributed by atoms with Gasteiger partial charge in [-0.15, -0.1) is 6.42 Å². The molecule has 21 heavy (non-hydrogen) atoms. The lowest BCUT2D eigenvalue weighted by Gasteiger charge is -2.18. The molecule has 0 bridgehead atoms. The van der Waals surface area contributed by atoms with Crippen molar-refractivity contribution in [3.05, 3.63) is 28.8 Å². The quantitative estimate of drug-likeness (QED) is 0.589. The lowest BCUT2D eigenvalue weighted by Crippen LogP contribution is -2.31. The van der Waals surface area contributed by atoms with Crippen LogP contribution in [0.25, 0.3) is 0 Å². The number of hydrogen-bond donors (Lipinski definition) is 1. The minimum Gasteiger partial charge on any atom is -0.313 e. The van der Waals surface area contributed by atoms with Crippen molar-refractivity contribution in [1.82, 2.24) is 9.62 Å². The van der Waals surface area contributed by atoms with Crippen LogP contribution in [0, 0.1) is 12.3 Å². The zero-order valence-corrected chi connectivity index (χ0v) is 14.0. The first kappa shape index (κ1) is 18.0. The lowest BCUT2D eigenvalue weighted by atomic mass is 10.2. The molecular weight excluding hydrogens is 308 g/mol. The Morgan fingerprint density at radius 1 is 1.38 bits per heavy atom. The van der Waals surface area contributed by atoms with Gasteiger partial charge in [-0.1, -0.05) is 37.4 Å². The number of sulfonamides is 1. The summed E-state index contributed by atoms with van der Waals surface area (Å²) in [6.45, 7) is 5.71. The highest BCUT2D eigenvalue weighted by Crippen LogP contribution is 2.23. The summed E-state index contributed by atoms with van der Waals surface area (Å²) in [7, 11) is -3.59. The third-order valence-electron chi connectivity index (χ3n) is 3.02. The first-order valence-electron chi connectivity index (χ1n) is 6.90. The minimum atomic E-state index is -3.59. The van der Waals surface area contributed by atoms with Crippen molar-refractivity contribution >= 4 is 21.6 Å². The molecule has 0 spiro atoms. The van der Waals surface area contributed by atoms with Crippen LogP contribution in [0.15, 0.2) is 23.1 Å². The molecule has 0 fully saturated rings.